The van der Waals surface area contributed by atoms with Gasteiger partial charge in [0.05, 0.1) is 11.8 Å². The third-order valence-electron chi connectivity index (χ3n) is 2.73. The fourth-order valence-corrected chi connectivity index (χ4v) is 1.68. The highest BCUT2D eigenvalue weighted by Crippen LogP contribution is 2.21. The first-order valence-electron chi connectivity index (χ1n) is 6.15. The largest absolute Gasteiger partial charge is 0.472 e. The Labute approximate surface area is 124 Å². The van der Waals surface area contributed by atoms with Crippen LogP contribution in [-0.2, 0) is 0 Å². The Kier molecular flexibility index (Phi) is 4.37. The van der Waals surface area contributed by atoms with Gasteiger partial charge in [0.15, 0.2) is 5.03 Å². The molecule has 0 spiro atoms. The van der Waals surface area contributed by atoms with Gasteiger partial charge in [-0.1, -0.05) is 6.07 Å². The van der Waals surface area contributed by atoms with Gasteiger partial charge in [0.1, 0.15) is 11.4 Å². The van der Waals surface area contributed by atoms with Gasteiger partial charge in [0.25, 0.3) is 11.9 Å². The molecular formula is C13H13N5O4. The molecule has 0 unspecified atom stereocenters. The Bertz CT molecular complexity index is 724. The number of carbonyl (C=O) groups is 1. The third-order valence-corrected chi connectivity index (χ3v) is 2.73. The molecule has 0 aliphatic heterocycles. The first-order valence-corrected chi connectivity index (χ1v) is 6.15. The van der Waals surface area contributed by atoms with Crippen LogP contribution in [0.2, 0.25) is 0 Å². The molecule has 0 fully saturated rings. The van der Waals surface area contributed by atoms with Crippen molar-refractivity contribution in [2.24, 2.45) is 10.8 Å². The van der Waals surface area contributed by atoms with E-state index in [1.807, 2.05) is 6.92 Å². The third kappa shape index (κ3) is 3.82. The number of hydrazone groups is 1. The number of amides is 1. The average molecular weight is 303 g/mol. The Morgan fingerprint density at radius 3 is 2.77 bits per heavy atom. The van der Waals surface area contributed by atoms with Crippen LogP contribution in [0.25, 0.3) is 0 Å². The summed E-state index contributed by atoms with van der Waals surface area (Å²) < 4.78 is 4.85. The second-order valence-electron chi connectivity index (χ2n) is 4.34. The molecule has 2 aromatic rings. The van der Waals surface area contributed by atoms with Crippen molar-refractivity contribution in [1.29, 1.82) is 0 Å². The van der Waals surface area contributed by atoms with Gasteiger partial charge < -0.3 is 20.8 Å². The Morgan fingerprint density at radius 2 is 2.14 bits per heavy atom. The van der Waals surface area contributed by atoms with Crippen LogP contribution in [0.15, 0.2) is 46.3 Å². The molecule has 114 valence electrons. The van der Waals surface area contributed by atoms with Gasteiger partial charge in [-0.2, -0.15) is 0 Å². The molecule has 9 heteroatoms. The zero-order valence-corrected chi connectivity index (χ0v) is 11.6. The Morgan fingerprint density at radius 1 is 1.36 bits per heavy atom. The van der Waals surface area contributed by atoms with Crippen molar-refractivity contribution >= 4 is 23.2 Å². The Hall–Kier alpha value is -3.36. The number of nitro groups is 1. The van der Waals surface area contributed by atoms with Crippen molar-refractivity contribution in [3.8, 4) is 0 Å². The van der Waals surface area contributed by atoms with Crippen molar-refractivity contribution < 1.29 is 14.2 Å². The van der Waals surface area contributed by atoms with E-state index in [0.717, 1.165) is 5.56 Å². The van der Waals surface area contributed by atoms with Gasteiger partial charge in [-0.15, -0.1) is 0 Å². The summed E-state index contributed by atoms with van der Waals surface area (Å²) >= 11 is 0. The van der Waals surface area contributed by atoms with Gasteiger partial charge in [-0.05, 0) is 30.7 Å². The molecule has 0 atom stereocenters. The number of nitrogens with one attached hydrogen (secondary N) is 2. The number of rotatable bonds is 4. The number of guanidine groups is 1. The lowest BCUT2D eigenvalue weighted by atomic mass is 10.1. The van der Waals surface area contributed by atoms with Crippen molar-refractivity contribution in [2.45, 2.75) is 6.92 Å². The molecule has 1 aromatic heterocycles. The number of hydrogen-bond acceptors (Lipinski definition) is 4. The lowest BCUT2D eigenvalue weighted by Crippen LogP contribution is -2.24. The Balaban J connectivity index is 2.16. The monoisotopic (exact) mass is 303 g/mol. The minimum atomic E-state index is -0.905. The summed E-state index contributed by atoms with van der Waals surface area (Å²) in [5, 5.41) is 17.5. The molecule has 0 saturated carbocycles. The predicted octanol–water partition coefficient (Wildman–Crippen LogP) is 1.76. The summed E-state index contributed by atoms with van der Waals surface area (Å²) in [5.41, 5.74) is 7.55. The van der Waals surface area contributed by atoms with Gasteiger partial charge in [0.2, 0.25) is 0 Å². The van der Waals surface area contributed by atoms with E-state index < -0.39 is 5.03 Å². The highest BCUT2D eigenvalue weighted by atomic mass is 16.7. The summed E-state index contributed by atoms with van der Waals surface area (Å²) in [6.45, 7) is 1.81. The van der Waals surface area contributed by atoms with Gasteiger partial charge in [-0.25, -0.2) is 10.1 Å². The van der Waals surface area contributed by atoms with Crippen molar-refractivity contribution in [3.63, 3.8) is 0 Å². The fourth-order valence-electron chi connectivity index (χ4n) is 1.68. The van der Waals surface area contributed by atoms with Crippen LogP contribution >= 0.6 is 0 Å². The maximum atomic E-state index is 12.0. The lowest BCUT2D eigenvalue weighted by Gasteiger charge is -2.10. The predicted molar refractivity (Wildman–Crippen MR) is 80.1 cm³/mol. The second kappa shape index (κ2) is 6.39. The van der Waals surface area contributed by atoms with Crippen LogP contribution in [0.4, 0.5) is 11.4 Å². The van der Waals surface area contributed by atoms with E-state index >= 15 is 0 Å². The van der Waals surface area contributed by atoms with E-state index in [9.17, 15) is 14.9 Å². The van der Waals surface area contributed by atoms with E-state index in [1.165, 1.54) is 18.6 Å². The molecule has 0 bridgehead atoms. The number of anilines is 2. The van der Waals surface area contributed by atoms with E-state index in [4.69, 9.17) is 10.2 Å². The van der Waals surface area contributed by atoms with Crippen LogP contribution in [0, 0.1) is 17.0 Å². The summed E-state index contributed by atoms with van der Waals surface area (Å²) in [6.07, 6.45) is 2.73. The van der Waals surface area contributed by atoms with Gasteiger partial charge >= 0.3 is 0 Å². The highest BCUT2D eigenvalue weighted by molar-refractivity contribution is 6.04. The highest BCUT2D eigenvalue weighted by Gasteiger charge is 2.10. The van der Waals surface area contributed by atoms with Crippen molar-refractivity contribution in [1.82, 2.24) is 0 Å². The molecule has 1 aromatic carbocycles. The SMILES string of the molecule is Cc1ccc(N/C(N)=N/[N+](=O)[O-])cc1NC(=O)c1ccoc1. The first kappa shape index (κ1) is 15.0. The fraction of sp³-hybridized carbons (Fsp3) is 0.0769. The molecule has 1 heterocycles. The number of hydrogen-bond donors (Lipinski definition) is 3. The quantitative estimate of drug-likeness (QED) is 0.341. The number of carbonyl (C=O) groups excluding carboxylic acids is 1. The van der Waals surface area contributed by atoms with Crippen LogP contribution in [-0.4, -0.2) is 16.9 Å². The van der Waals surface area contributed by atoms with E-state index in [1.54, 1.807) is 18.2 Å². The van der Waals surface area contributed by atoms with Crippen LogP contribution in [0.5, 0.6) is 0 Å². The lowest BCUT2D eigenvalue weighted by molar-refractivity contribution is -0.485. The van der Waals surface area contributed by atoms with Crippen LogP contribution < -0.4 is 16.4 Å². The minimum Gasteiger partial charge on any atom is -0.472 e. The number of aryl methyl sites for hydroxylation is 1. The standard InChI is InChI=1S/C13H13N5O4/c1-8-2-3-10(15-13(14)17-18(20)21)6-11(8)16-12(19)9-4-5-22-7-9/h2-7H,1H3,(H,16,19)(H3,14,15,17). The molecule has 22 heavy (non-hydrogen) atoms. The zero-order valence-electron chi connectivity index (χ0n) is 11.6. The first-order chi connectivity index (χ1) is 10.5. The molecule has 2 rings (SSSR count). The zero-order chi connectivity index (χ0) is 16.1. The van der Waals surface area contributed by atoms with Crippen LogP contribution in [0.1, 0.15) is 15.9 Å². The summed E-state index contributed by atoms with van der Waals surface area (Å²) in [6, 6.07) is 6.52. The smallest absolute Gasteiger partial charge is 0.270 e. The topological polar surface area (TPSA) is 136 Å². The average Bonchev–Trinajstić information content (AvgIpc) is 2.95. The van der Waals surface area contributed by atoms with Gasteiger partial charge in [-0.3, -0.25) is 4.79 Å². The number of furan rings is 1. The number of nitrogens with zero attached hydrogens (tertiary/aromatic N) is 2. The maximum absolute atomic E-state index is 12.0. The molecule has 0 radical (unpaired) electrons. The summed E-state index contributed by atoms with van der Waals surface area (Å²) in [5.74, 6) is -0.693. The molecule has 9 nitrogen and oxygen atoms in total. The molecular weight excluding hydrogens is 290 g/mol. The number of nitrogens with two attached hydrogens (primary N) is 1. The molecule has 1 amide bonds. The maximum Gasteiger partial charge on any atom is 0.270 e. The summed E-state index contributed by atoms with van der Waals surface area (Å²) in [4.78, 5) is 22.2. The molecule has 4 N–H and O–H groups in total. The van der Waals surface area contributed by atoms with Crippen molar-refractivity contribution in [3.05, 3.63) is 58.0 Å². The van der Waals surface area contributed by atoms with E-state index in [0.29, 0.717) is 16.9 Å². The molecule has 0 aliphatic rings. The van der Waals surface area contributed by atoms with Crippen LogP contribution in [0.3, 0.4) is 0 Å². The molecule has 0 saturated heterocycles. The normalized spacial score (nSPS) is 11.0. The molecule has 0 aliphatic carbocycles. The summed E-state index contributed by atoms with van der Waals surface area (Å²) in [7, 11) is 0. The van der Waals surface area contributed by atoms with E-state index in [2.05, 4.69) is 15.7 Å². The van der Waals surface area contributed by atoms with Gasteiger partial charge in [0, 0.05) is 11.4 Å². The van der Waals surface area contributed by atoms with E-state index in [-0.39, 0.29) is 11.9 Å². The van der Waals surface area contributed by atoms with Crippen molar-refractivity contribution in [2.75, 3.05) is 10.6 Å². The minimum absolute atomic E-state index is 0.332. The number of benzene rings is 1. The second-order valence-corrected chi connectivity index (χ2v) is 4.34.